The number of unbranched alkanes of at least 4 members (excludes halogenated alkanes) is 6. The topological polar surface area (TPSA) is 57.6 Å². The van der Waals surface area contributed by atoms with Crippen LogP contribution in [0.15, 0.2) is 0 Å². The van der Waals surface area contributed by atoms with Crippen LogP contribution >= 0.6 is 0 Å². The van der Waals surface area contributed by atoms with Crippen molar-refractivity contribution in [1.82, 2.24) is 4.90 Å². The van der Waals surface area contributed by atoms with Crippen molar-refractivity contribution in [2.24, 2.45) is 0 Å². The van der Waals surface area contributed by atoms with E-state index in [0.29, 0.717) is 19.4 Å². The number of carbonyl (C=O) groups is 2. The Hall–Kier alpha value is -1.06. The summed E-state index contributed by atoms with van der Waals surface area (Å²) in [6.07, 6.45) is 12.2. The van der Waals surface area contributed by atoms with Crippen molar-refractivity contribution in [3.8, 4) is 0 Å². The molecule has 0 aliphatic carbocycles. The summed E-state index contributed by atoms with van der Waals surface area (Å²) in [5, 5.41) is 9.41. The quantitative estimate of drug-likeness (QED) is 0.620. The van der Waals surface area contributed by atoms with E-state index in [4.69, 9.17) is 0 Å². The second-order valence-electron chi connectivity index (χ2n) is 6.16. The maximum Gasteiger partial charge on any atom is 0.326 e. The van der Waals surface area contributed by atoms with Crippen LogP contribution in [0, 0.1) is 0 Å². The largest absolute Gasteiger partial charge is 0.480 e. The van der Waals surface area contributed by atoms with Crippen LogP contribution in [0.1, 0.15) is 84.0 Å². The van der Waals surface area contributed by atoms with Gasteiger partial charge in [0.2, 0.25) is 5.91 Å². The number of likely N-dealkylation sites (tertiary alicyclic amines) is 1. The maximum atomic E-state index is 12.0. The Kier molecular flexibility index (Phi) is 9.11. The van der Waals surface area contributed by atoms with Crippen molar-refractivity contribution in [3.05, 3.63) is 0 Å². The fourth-order valence-corrected chi connectivity index (χ4v) is 3.04. The Morgan fingerprint density at radius 3 is 2.43 bits per heavy atom. The second kappa shape index (κ2) is 10.6. The molecule has 0 bridgehead atoms. The molecule has 1 fully saturated rings. The summed E-state index contributed by atoms with van der Waals surface area (Å²) < 4.78 is 0. The summed E-state index contributed by atoms with van der Waals surface area (Å²) in [7, 11) is 0. The summed E-state index contributed by atoms with van der Waals surface area (Å²) in [6, 6.07) is -0.605. The van der Waals surface area contributed by atoms with Gasteiger partial charge in [0.25, 0.3) is 0 Å². The van der Waals surface area contributed by atoms with E-state index in [1.54, 1.807) is 4.90 Å². The molecule has 0 aromatic rings. The summed E-state index contributed by atoms with van der Waals surface area (Å²) in [5.74, 6) is -0.806. The fraction of sp³-hybridized carbons (Fsp3) is 0.882. The Labute approximate surface area is 128 Å². The Balaban J connectivity index is 2.32. The zero-order valence-electron chi connectivity index (χ0n) is 13.5. The molecule has 1 atom stereocenters. The van der Waals surface area contributed by atoms with Crippen molar-refractivity contribution < 1.29 is 14.7 Å². The lowest BCUT2D eigenvalue weighted by molar-refractivity contribution is -0.150. The van der Waals surface area contributed by atoms with E-state index in [0.717, 1.165) is 32.1 Å². The number of rotatable bonds is 10. The number of amides is 1. The molecule has 0 aromatic carbocycles. The highest BCUT2D eigenvalue weighted by molar-refractivity contribution is 5.83. The Morgan fingerprint density at radius 1 is 1.10 bits per heavy atom. The molecule has 21 heavy (non-hydrogen) atoms. The highest BCUT2D eigenvalue weighted by atomic mass is 16.4. The highest BCUT2D eigenvalue weighted by Crippen LogP contribution is 2.18. The van der Waals surface area contributed by atoms with Gasteiger partial charge in [-0.25, -0.2) is 4.79 Å². The monoisotopic (exact) mass is 297 g/mol. The van der Waals surface area contributed by atoms with E-state index in [1.165, 1.54) is 32.1 Å². The molecular weight excluding hydrogens is 266 g/mol. The maximum absolute atomic E-state index is 12.0. The predicted molar refractivity (Wildman–Crippen MR) is 84.2 cm³/mol. The van der Waals surface area contributed by atoms with E-state index >= 15 is 0 Å². The smallest absolute Gasteiger partial charge is 0.326 e. The van der Waals surface area contributed by atoms with Gasteiger partial charge in [0.15, 0.2) is 0 Å². The van der Waals surface area contributed by atoms with Crippen molar-refractivity contribution in [1.29, 1.82) is 0 Å². The van der Waals surface area contributed by atoms with Crippen LogP contribution in [-0.2, 0) is 9.59 Å². The molecular formula is C17H31NO3. The summed E-state index contributed by atoms with van der Waals surface area (Å²) in [4.78, 5) is 25.1. The first kappa shape index (κ1) is 18.0. The van der Waals surface area contributed by atoms with Gasteiger partial charge in [-0.1, -0.05) is 58.3 Å². The third-order valence-electron chi connectivity index (χ3n) is 4.35. The normalized spacial score (nSPS) is 17.6. The number of carboxylic acids is 1. The van der Waals surface area contributed by atoms with Gasteiger partial charge in [0, 0.05) is 13.0 Å². The molecule has 0 spiro atoms. The molecule has 1 amide bonds. The molecule has 1 rings (SSSR count). The molecule has 0 radical (unpaired) electrons. The molecule has 1 saturated heterocycles. The van der Waals surface area contributed by atoms with Crippen molar-refractivity contribution in [3.63, 3.8) is 0 Å². The van der Waals surface area contributed by atoms with Crippen LogP contribution < -0.4 is 0 Å². The molecule has 1 aliphatic rings. The van der Waals surface area contributed by atoms with Crippen LogP contribution in [0.4, 0.5) is 0 Å². The summed E-state index contributed by atoms with van der Waals surface area (Å²) >= 11 is 0. The summed E-state index contributed by atoms with van der Waals surface area (Å²) in [6.45, 7) is 2.82. The van der Waals surface area contributed by atoms with E-state index < -0.39 is 12.0 Å². The molecule has 4 heteroatoms. The van der Waals surface area contributed by atoms with Gasteiger partial charge in [-0.2, -0.15) is 0 Å². The minimum atomic E-state index is -0.837. The first-order valence-corrected chi connectivity index (χ1v) is 8.69. The standard InChI is InChI=1S/C17H31NO3/c1-2-3-4-5-6-7-9-12-15(17(20)21)18-14-11-8-10-13-16(18)19/h15H,2-14H2,1H3,(H,20,21). The van der Waals surface area contributed by atoms with Gasteiger partial charge in [0.1, 0.15) is 6.04 Å². The number of carbonyl (C=O) groups excluding carboxylic acids is 1. The van der Waals surface area contributed by atoms with Gasteiger partial charge in [-0.15, -0.1) is 0 Å². The van der Waals surface area contributed by atoms with E-state index in [1.807, 2.05) is 0 Å². The molecule has 4 nitrogen and oxygen atoms in total. The van der Waals surface area contributed by atoms with Gasteiger partial charge in [-0.05, 0) is 19.3 Å². The Bertz CT molecular complexity index is 317. The van der Waals surface area contributed by atoms with Gasteiger partial charge >= 0.3 is 5.97 Å². The van der Waals surface area contributed by atoms with Crippen molar-refractivity contribution >= 4 is 11.9 Å². The number of hydrogen-bond acceptors (Lipinski definition) is 2. The first-order chi connectivity index (χ1) is 10.2. The second-order valence-corrected chi connectivity index (χ2v) is 6.16. The molecule has 0 aromatic heterocycles. The molecule has 1 heterocycles. The van der Waals surface area contributed by atoms with Crippen molar-refractivity contribution in [2.75, 3.05) is 6.54 Å². The van der Waals surface area contributed by atoms with Gasteiger partial charge in [-0.3, -0.25) is 4.79 Å². The molecule has 1 aliphatic heterocycles. The van der Waals surface area contributed by atoms with Crippen LogP contribution in [-0.4, -0.2) is 34.5 Å². The number of carboxylic acid groups (broad SMARTS) is 1. The molecule has 1 unspecified atom stereocenters. The van der Waals surface area contributed by atoms with Gasteiger partial charge in [0.05, 0.1) is 0 Å². The Morgan fingerprint density at radius 2 is 1.76 bits per heavy atom. The lowest BCUT2D eigenvalue weighted by Crippen LogP contribution is -2.44. The third kappa shape index (κ3) is 6.96. The first-order valence-electron chi connectivity index (χ1n) is 8.69. The van der Waals surface area contributed by atoms with E-state index in [2.05, 4.69) is 6.92 Å². The number of nitrogens with zero attached hydrogens (tertiary/aromatic N) is 1. The summed E-state index contributed by atoms with van der Waals surface area (Å²) in [5.41, 5.74) is 0. The zero-order chi connectivity index (χ0) is 15.5. The average Bonchev–Trinajstić information content (AvgIpc) is 2.66. The third-order valence-corrected chi connectivity index (χ3v) is 4.35. The average molecular weight is 297 g/mol. The van der Waals surface area contributed by atoms with Crippen LogP contribution in [0.3, 0.4) is 0 Å². The minimum absolute atomic E-state index is 0.0304. The molecule has 1 N–H and O–H groups in total. The minimum Gasteiger partial charge on any atom is -0.480 e. The zero-order valence-corrected chi connectivity index (χ0v) is 13.5. The van der Waals surface area contributed by atoms with Crippen LogP contribution in [0.25, 0.3) is 0 Å². The predicted octanol–water partition coefficient (Wildman–Crippen LogP) is 3.98. The molecule has 0 saturated carbocycles. The lowest BCUT2D eigenvalue weighted by Gasteiger charge is -2.27. The van der Waals surface area contributed by atoms with Gasteiger partial charge < -0.3 is 10.0 Å². The number of hydrogen-bond donors (Lipinski definition) is 1. The van der Waals surface area contributed by atoms with Crippen LogP contribution in [0.2, 0.25) is 0 Å². The van der Waals surface area contributed by atoms with E-state index in [-0.39, 0.29) is 5.91 Å². The van der Waals surface area contributed by atoms with Crippen LogP contribution in [0.5, 0.6) is 0 Å². The fourth-order valence-electron chi connectivity index (χ4n) is 3.04. The number of aliphatic carboxylic acids is 1. The SMILES string of the molecule is CCCCCCCCCC(C(=O)O)N1CCCCCC1=O. The van der Waals surface area contributed by atoms with Crippen molar-refractivity contribution in [2.45, 2.75) is 90.0 Å². The molecule has 122 valence electrons. The lowest BCUT2D eigenvalue weighted by atomic mass is 10.0. The highest BCUT2D eigenvalue weighted by Gasteiger charge is 2.29. The van der Waals surface area contributed by atoms with E-state index in [9.17, 15) is 14.7 Å².